The smallest absolute Gasteiger partial charge is 0.305 e. The molecule has 2 aromatic heterocycles. The van der Waals surface area contributed by atoms with Gasteiger partial charge in [-0.15, -0.1) is 0 Å². The number of nitrogens with zero attached hydrogens (tertiary/aromatic N) is 2. The number of pyridine rings is 2. The zero-order valence-corrected chi connectivity index (χ0v) is 28.6. The lowest BCUT2D eigenvalue weighted by atomic mass is 9.60. The largest absolute Gasteiger partial charge is 0.469 e. The van der Waals surface area contributed by atoms with Gasteiger partial charge in [-0.2, -0.15) is 0 Å². The summed E-state index contributed by atoms with van der Waals surface area (Å²) in [5, 5.41) is 3.17. The second-order valence-electron chi connectivity index (χ2n) is 13.0. The lowest BCUT2D eigenvalue weighted by Crippen LogP contribution is -2.39. The SMILES string of the molecule is COC(=O)CCC1(CC2(CCC(=O)OC)c3cc(Cl)ccc3-c3nc4ccccc4cc32)c2cc(Cl)ccc2-c2nc3ccccc3cc21. The van der Waals surface area contributed by atoms with Gasteiger partial charge in [-0.05, 0) is 90.0 Å². The van der Waals surface area contributed by atoms with Crippen LogP contribution in [-0.4, -0.2) is 36.1 Å². The minimum absolute atomic E-state index is 0.160. The van der Waals surface area contributed by atoms with Crippen molar-refractivity contribution in [3.05, 3.63) is 129 Å². The van der Waals surface area contributed by atoms with Crippen LogP contribution in [0.4, 0.5) is 0 Å². The van der Waals surface area contributed by atoms with Crippen LogP contribution < -0.4 is 0 Å². The first-order valence-corrected chi connectivity index (χ1v) is 17.1. The van der Waals surface area contributed by atoms with Crippen LogP contribution in [-0.2, 0) is 29.9 Å². The van der Waals surface area contributed by atoms with E-state index in [4.69, 9.17) is 42.6 Å². The Bertz CT molecular complexity index is 2180. The molecule has 2 aliphatic rings. The fourth-order valence-electron chi connectivity index (χ4n) is 8.35. The average molecular weight is 688 g/mol. The van der Waals surface area contributed by atoms with Crippen molar-refractivity contribution in [3.8, 4) is 22.5 Å². The molecule has 0 saturated heterocycles. The molecule has 49 heavy (non-hydrogen) atoms. The maximum absolute atomic E-state index is 13.0. The second kappa shape index (κ2) is 12.0. The summed E-state index contributed by atoms with van der Waals surface area (Å²) >= 11 is 13.6. The van der Waals surface area contributed by atoms with Crippen LogP contribution in [0.15, 0.2) is 97.1 Å². The monoisotopic (exact) mass is 686 g/mol. The number of para-hydroxylation sites is 2. The molecule has 8 heteroatoms. The van der Waals surface area contributed by atoms with Crippen molar-refractivity contribution in [1.82, 2.24) is 9.97 Å². The number of benzene rings is 4. The molecule has 0 spiro atoms. The Hall–Kier alpha value is -4.78. The van der Waals surface area contributed by atoms with Gasteiger partial charge in [0.2, 0.25) is 0 Å². The molecule has 0 saturated carbocycles. The quantitative estimate of drug-likeness (QED) is 0.148. The highest BCUT2D eigenvalue weighted by Gasteiger charge is 2.54. The van der Waals surface area contributed by atoms with E-state index in [0.29, 0.717) is 29.3 Å². The summed E-state index contributed by atoms with van der Waals surface area (Å²) in [5.74, 6) is -0.617. The van der Waals surface area contributed by atoms with Crippen LogP contribution in [0.2, 0.25) is 10.0 Å². The van der Waals surface area contributed by atoms with Crippen LogP contribution >= 0.6 is 23.2 Å². The molecule has 0 N–H and O–H groups in total. The number of hydrogen-bond donors (Lipinski definition) is 0. The van der Waals surface area contributed by atoms with Gasteiger partial charge in [0.05, 0.1) is 36.6 Å². The minimum Gasteiger partial charge on any atom is -0.469 e. The van der Waals surface area contributed by atoms with Crippen molar-refractivity contribution in [1.29, 1.82) is 0 Å². The molecule has 0 aliphatic heterocycles. The number of rotatable bonds is 8. The summed E-state index contributed by atoms with van der Waals surface area (Å²) in [6.07, 6.45) is 1.65. The van der Waals surface area contributed by atoms with Crippen LogP contribution in [0.3, 0.4) is 0 Å². The molecule has 0 bridgehead atoms. The molecule has 2 unspecified atom stereocenters. The normalized spacial score (nSPS) is 18.5. The minimum atomic E-state index is -0.774. The molecule has 2 aliphatic carbocycles. The number of ether oxygens (including phenoxy) is 2. The fourth-order valence-corrected chi connectivity index (χ4v) is 8.69. The molecule has 0 radical (unpaired) electrons. The van der Waals surface area contributed by atoms with Crippen molar-refractivity contribution in [2.24, 2.45) is 0 Å². The number of carbonyl (C=O) groups is 2. The summed E-state index contributed by atoms with van der Waals surface area (Å²) < 4.78 is 10.4. The van der Waals surface area contributed by atoms with Crippen molar-refractivity contribution < 1.29 is 19.1 Å². The fraction of sp³-hybridized carbons (Fsp3) is 0.220. The first-order chi connectivity index (χ1) is 23.8. The van der Waals surface area contributed by atoms with E-state index >= 15 is 0 Å². The van der Waals surface area contributed by atoms with Gasteiger partial charge in [0.25, 0.3) is 0 Å². The summed E-state index contributed by atoms with van der Waals surface area (Å²) in [5.41, 5.74) is 7.88. The highest BCUT2D eigenvalue weighted by atomic mass is 35.5. The lowest BCUT2D eigenvalue weighted by Gasteiger charge is -2.42. The molecule has 4 aromatic carbocycles. The molecule has 2 heterocycles. The van der Waals surface area contributed by atoms with Crippen LogP contribution in [0.5, 0.6) is 0 Å². The summed E-state index contributed by atoms with van der Waals surface area (Å²) in [4.78, 5) is 36.5. The molecule has 0 amide bonds. The molecular formula is C41H32Cl2N2O4. The molecule has 8 rings (SSSR count). The van der Waals surface area contributed by atoms with Crippen LogP contribution in [0.25, 0.3) is 44.3 Å². The predicted octanol–water partition coefficient (Wildman–Crippen LogP) is 9.62. The number of aromatic nitrogens is 2. The zero-order valence-electron chi connectivity index (χ0n) is 27.1. The first-order valence-electron chi connectivity index (χ1n) is 16.3. The first kappa shape index (κ1) is 31.5. The van der Waals surface area contributed by atoms with E-state index < -0.39 is 10.8 Å². The number of fused-ring (bicyclic) bond motifs is 8. The Morgan fingerprint density at radius 1 is 0.592 bits per heavy atom. The van der Waals surface area contributed by atoms with Crippen molar-refractivity contribution in [3.63, 3.8) is 0 Å². The molecule has 2 atom stereocenters. The van der Waals surface area contributed by atoms with Gasteiger partial charge in [0, 0.05) is 55.6 Å². The van der Waals surface area contributed by atoms with E-state index in [2.05, 4.69) is 24.3 Å². The Balaban J connectivity index is 1.46. The number of methoxy groups -OCH3 is 2. The molecule has 6 aromatic rings. The van der Waals surface area contributed by atoms with Gasteiger partial charge in [0.15, 0.2) is 0 Å². The van der Waals surface area contributed by atoms with E-state index in [-0.39, 0.29) is 24.8 Å². The third-order valence-electron chi connectivity index (χ3n) is 10.6. The number of hydrogen-bond acceptors (Lipinski definition) is 6. The third kappa shape index (κ3) is 5.00. The van der Waals surface area contributed by atoms with Gasteiger partial charge in [-0.1, -0.05) is 71.7 Å². The van der Waals surface area contributed by atoms with Crippen LogP contribution in [0.1, 0.15) is 54.4 Å². The van der Waals surface area contributed by atoms with E-state index in [0.717, 1.165) is 66.6 Å². The number of carbonyl (C=O) groups excluding carboxylic acids is 2. The Kier molecular flexibility index (Phi) is 7.69. The molecule has 6 nitrogen and oxygen atoms in total. The van der Waals surface area contributed by atoms with Crippen molar-refractivity contribution in [2.45, 2.75) is 42.9 Å². The van der Waals surface area contributed by atoms with E-state index in [1.54, 1.807) is 0 Å². The third-order valence-corrected chi connectivity index (χ3v) is 11.0. The Morgan fingerprint density at radius 3 is 1.45 bits per heavy atom. The molecule has 244 valence electrons. The maximum Gasteiger partial charge on any atom is 0.305 e. The van der Waals surface area contributed by atoms with Gasteiger partial charge >= 0.3 is 11.9 Å². The molecular weight excluding hydrogens is 655 g/mol. The van der Waals surface area contributed by atoms with Crippen molar-refractivity contribution in [2.75, 3.05) is 14.2 Å². The van der Waals surface area contributed by atoms with Gasteiger partial charge in [-0.25, -0.2) is 9.97 Å². The van der Waals surface area contributed by atoms with Gasteiger partial charge in [-0.3, -0.25) is 9.59 Å². The Labute approximate surface area is 294 Å². The van der Waals surface area contributed by atoms with Gasteiger partial charge < -0.3 is 9.47 Å². The highest BCUT2D eigenvalue weighted by molar-refractivity contribution is 6.31. The predicted molar refractivity (Wildman–Crippen MR) is 193 cm³/mol. The summed E-state index contributed by atoms with van der Waals surface area (Å²) in [7, 11) is 2.83. The lowest BCUT2D eigenvalue weighted by molar-refractivity contribution is -0.141. The summed E-state index contributed by atoms with van der Waals surface area (Å²) in [6.45, 7) is 0. The van der Waals surface area contributed by atoms with Crippen LogP contribution in [0, 0.1) is 0 Å². The zero-order chi connectivity index (χ0) is 33.9. The van der Waals surface area contributed by atoms with E-state index in [1.807, 2.05) is 72.8 Å². The summed E-state index contributed by atoms with van der Waals surface area (Å²) in [6, 6.07) is 32.4. The topological polar surface area (TPSA) is 78.4 Å². The number of esters is 2. The maximum atomic E-state index is 13.0. The number of halogens is 2. The second-order valence-corrected chi connectivity index (χ2v) is 13.9. The van der Waals surface area contributed by atoms with Crippen molar-refractivity contribution >= 4 is 56.9 Å². The standard InChI is InChI=1S/C41H32Cl2N2O4/c1-48-36(46)15-17-40(30-21-26(42)11-13-28(30)38-32(40)19-24-7-3-5-9-34(24)44-38)23-41(18-16-37(47)49-2)31-22-27(43)12-14-29(31)39-33(41)20-25-8-4-6-10-35(25)45-39/h3-14,19-22H,15-18,23H2,1-2H3. The Morgan fingerprint density at radius 2 is 1.02 bits per heavy atom. The highest BCUT2D eigenvalue weighted by Crippen LogP contribution is 2.62. The van der Waals surface area contributed by atoms with E-state index in [9.17, 15) is 9.59 Å². The average Bonchev–Trinajstić information content (AvgIpc) is 3.52. The van der Waals surface area contributed by atoms with E-state index in [1.165, 1.54) is 14.2 Å². The molecule has 0 fully saturated rings. The van der Waals surface area contributed by atoms with Gasteiger partial charge in [0.1, 0.15) is 0 Å².